The Morgan fingerprint density at radius 1 is 1.20 bits per heavy atom. The molecule has 0 radical (unpaired) electrons. The van der Waals surface area contributed by atoms with Crippen molar-refractivity contribution in [2.24, 2.45) is 0 Å². The van der Waals surface area contributed by atoms with Gasteiger partial charge in [-0.15, -0.1) is 0 Å². The zero-order chi connectivity index (χ0) is 15.0. The molecule has 0 spiro atoms. The number of benzene rings is 1. The summed E-state index contributed by atoms with van der Waals surface area (Å²) >= 11 is 0. The van der Waals surface area contributed by atoms with Gasteiger partial charge in [-0.05, 0) is 18.9 Å². The highest BCUT2D eigenvalue weighted by atomic mass is 16.4. The number of carboxylic acids is 1. The summed E-state index contributed by atoms with van der Waals surface area (Å²) in [6, 6.07) is 7.82. The summed E-state index contributed by atoms with van der Waals surface area (Å²) < 4.78 is 0. The molecule has 0 aromatic heterocycles. The Bertz CT molecular complexity index is 473. The van der Waals surface area contributed by atoms with Gasteiger partial charge in [0.2, 0.25) is 0 Å². The fraction of sp³-hybridized carbons (Fsp3) is 0.357. The highest BCUT2D eigenvalue weighted by molar-refractivity contribution is 5.88. The van der Waals surface area contributed by atoms with Crippen LogP contribution in [0.15, 0.2) is 30.3 Å². The summed E-state index contributed by atoms with van der Waals surface area (Å²) in [5.74, 6) is -1.51. The molecule has 1 rings (SSSR count). The normalized spacial score (nSPS) is 11.4. The molecule has 0 fully saturated rings. The van der Waals surface area contributed by atoms with E-state index in [1.54, 1.807) is 0 Å². The summed E-state index contributed by atoms with van der Waals surface area (Å²) in [7, 11) is 0. The number of aliphatic carboxylic acids is 1. The molecule has 2 amide bonds. The third-order valence-electron chi connectivity index (χ3n) is 2.64. The summed E-state index contributed by atoms with van der Waals surface area (Å²) in [4.78, 5) is 33.3. The second-order valence-electron chi connectivity index (χ2n) is 4.43. The summed E-state index contributed by atoms with van der Waals surface area (Å²) in [5.41, 5.74) is 1.08. The van der Waals surface area contributed by atoms with Crippen molar-refractivity contribution in [2.45, 2.75) is 25.8 Å². The van der Waals surface area contributed by atoms with Crippen molar-refractivity contribution in [1.82, 2.24) is 10.6 Å². The molecule has 3 N–H and O–H groups in total. The summed E-state index contributed by atoms with van der Waals surface area (Å²) in [6.45, 7) is 1.67. The third kappa shape index (κ3) is 5.99. The molecule has 0 saturated carbocycles. The van der Waals surface area contributed by atoms with Gasteiger partial charge in [-0.3, -0.25) is 4.79 Å². The largest absolute Gasteiger partial charge is 0.480 e. The monoisotopic (exact) mass is 278 g/mol. The number of nitrogens with one attached hydrogen (secondary N) is 2. The number of amides is 2. The van der Waals surface area contributed by atoms with Crippen LogP contribution in [0.1, 0.15) is 18.9 Å². The molecule has 108 valence electrons. The van der Waals surface area contributed by atoms with Gasteiger partial charge in [0.25, 0.3) is 0 Å². The van der Waals surface area contributed by atoms with E-state index in [4.69, 9.17) is 5.11 Å². The van der Waals surface area contributed by atoms with Gasteiger partial charge < -0.3 is 15.7 Å². The summed E-state index contributed by atoms with van der Waals surface area (Å²) in [6.07, 6.45) is 0.431. The molecule has 20 heavy (non-hydrogen) atoms. The first-order valence-corrected chi connectivity index (χ1v) is 6.29. The van der Waals surface area contributed by atoms with Gasteiger partial charge in [-0.1, -0.05) is 30.3 Å². The van der Waals surface area contributed by atoms with E-state index in [2.05, 4.69) is 10.6 Å². The molecule has 0 aliphatic rings. The van der Waals surface area contributed by atoms with Crippen molar-refractivity contribution in [1.29, 1.82) is 0 Å². The number of ketones is 1. The minimum absolute atomic E-state index is 0.221. The quantitative estimate of drug-likeness (QED) is 0.692. The van der Waals surface area contributed by atoms with Gasteiger partial charge in [0.05, 0.1) is 0 Å². The van der Waals surface area contributed by atoms with E-state index >= 15 is 0 Å². The number of carbonyl (C=O) groups excluding carboxylic acids is 2. The van der Waals surface area contributed by atoms with Crippen LogP contribution >= 0.6 is 0 Å². The second-order valence-corrected chi connectivity index (χ2v) is 4.43. The Labute approximate surface area is 117 Å². The van der Waals surface area contributed by atoms with Gasteiger partial charge >= 0.3 is 12.0 Å². The Kier molecular flexibility index (Phi) is 6.22. The highest BCUT2D eigenvalue weighted by Crippen LogP contribution is 1.98. The van der Waals surface area contributed by atoms with E-state index in [0.717, 1.165) is 5.56 Å². The lowest BCUT2D eigenvalue weighted by atomic mass is 10.1. The predicted molar refractivity (Wildman–Crippen MR) is 73.4 cm³/mol. The maximum absolute atomic E-state index is 11.5. The highest BCUT2D eigenvalue weighted by Gasteiger charge is 2.21. The van der Waals surface area contributed by atoms with Gasteiger partial charge in [0, 0.05) is 13.0 Å². The van der Waals surface area contributed by atoms with E-state index in [0.29, 0.717) is 13.0 Å². The van der Waals surface area contributed by atoms with Crippen LogP contribution < -0.4 is 10.6 Å². The SMILES string of the molecule is CC(=O)CC(NC(=O)NCCc1ccccc1)C(=O)O. The lowest BCUT2D eigenvalue weighted by molar-refractivity contribution is -0.140. The van der Waals surface area contributed by atoms with E-state index < -0.39 is 18.0 Å². The molecular weight excluding hydrogens is 260 g/mol. The molecule has 6 nitrogen and oxygen atoms in total. The van der Waals surface area contributed by atoms with Gasteiger partial charge in [-0.25, -0.2) is 9.59 Å². The lowest BCUT2D eigenvalue weighted by Crippen LogP contribution is -2.47. The molecule has 0 aliphatic heterocycles. The number of carbonyl (C=O) groups is 3. The number of rotatable bonds is 7. The number of carboxylic acid groups (broad SMARTS) is 1. The van der Waals surface area contributed by atoms with Crippen LogP contribution in [0.25, 0.3) is 0 Å². The maximum atomic E-state index is 11.5. The van der Waals surface area contributed by atoms with Crippen LogP contribution in [-0.4, -0.2) is 35.5 Å². The van der Waals surface area contributed by atoms with Crippen LogP contribution in [0.4, 0.5) is 4.79 Å². The molecule has 1 unspecified atom stereocenters. The van der Waals surface area contributed by atoms with Crippen LogP contribution in [-0.2, 0) is 16.0 Å². The smallest absolute Gasteiger partial charge is 0.326 e. The molecule has 0 bridgehead atoms. The zero-order valence-electron chi connectivity index (χ0n) is 11.3. The molecule has 0 heterocycles. The topological polar surface area (TPSA) is 95.5 Å². The van der Waals surface area contributed by atoms with Crippen molar-refractivity contribution in [3.8, 4) is 0 Å². The van der Waals surface area contributed by atoms with Gasteiger partial charge in [0.15, 0.2) is 0 Å². The molecular formula is C14H18N2O4. The zero-order valence-corrected chi connectivity index (χ0v) is 11.3. The maximum Gasteiger partial charge on any atom is 0.326 e. The van der Waals surface area contributed by atoms with Crippen molar-refractivity contribution >= 4 is 17.8 Å². The van der Waals surface area contributed by atoms with Crippen LogP contribution in [0.3, 0.4) is 0 Å². The Balaban J connectivity index is 2.35. The third-order valence-corrected chi connectivity index (χ3v) is 2.64. The summed E-state index contributed by atoms with van der Waals surface area (Å²) in [5, 5.41) is 13.7. The molecule has 0 aliphatic carbocycles. The average Bonchev–Trinajstić information content (AvgIpc) is 2.38. The number of hydrogen-bond donors (Lipinski definition) is 3. The van der Waals surface area contributed by atoms with Crippen LogP contribution in [0.5, 0.6) is 0 Å². The van der Waals surface area contributed by atoms with E-state index in [1.807, 2.05) is 30.3 Å². The van der Waals surface area contributed by atoms with Crippen molar-refractivity contribution in [3.05, 3.63) is 35.9 Å². The fourth-order valence-electron chi connectivity index (χ4n) is 1.66. The number of urea groups is 1. The fourth-order valence-corrected chi connectivity index (χ4v) is 1.66. The van der Waals surface area contributed by atoms with Crippen molar-refractivity contribution in [2.75, 3.05) is 6.54 Å². The van der Waals surface area contributed by atoms with Crippen molar-refractivity contribution in [3.63, 3.8) is 0 Å². The lowest BCUT2D eigenvalue weighted by Gasteiger charge is -2.13. The standard InChI is InChI=1S/C14H18N2O4/c1-10(17)9-12(13(18)19)16-14(20)15-8-7-11-5-3-2-4-6-11/h2-6,12H,7-9H2,1H3,(H,18,19)(H2,15,16,20). The molecule has 1 aromatic rings. The predicted octanol–water partition coefficient (Wildman–Crippen LogP) is 0.961. The average molecular weight is 278 g/mol. The number of Topliss-reactive ketones (excluding diaryl/α,β-unsaturated/α-hetero) is 1. The first-order chi connectivity index (χ1) is 9.49. The van der Waals surface area contributed by atoms with Crippen molar-refractivity contribution < 1.29 is 19.5 Å². The molecule has 1 atom stereocenters. The Morgan fingerprint density at radius 2 is 1.85 bits per heavy atom. The first kappa shape index (κ1) is 15.7. The number of hydrogen-bond acceptors (Lipinski definition) is 3. The van der Waals surface area contributed by atoms with Crippen LogP contribution in [0, 0.1) is 0 Å². The van der Waals surface area contributed by atoms with Gasteiger partial charge in [0.1, 0.15) is 11.8 Å². The molecule has 1 aromatic carbocycles. The van der Waals surface area contributed by atoms with Crippen LogP contribution in [0.2, 0.25) is 0 Å². The minimum atomic E-state index is -1.22. The minimum Gasteiger partial charge on any atom is -0.480 e. The van der Waals surface area contributed by atoms with E-state index in [9.17, 15) is 14.4 Å². The molecule has 6 heteroatoms. The molecule has 0 saturated heterocycles. The van der Waals surface area contributed by atoms with Gasteiger partial charge in [-0.2, -0.15) is 0 Å². The Hall–Kier alpha value is -2.37. The van der Waals surface area contributed by atoms with E-state index in [-0.39, 0.29) is 12.2 Å². The Morgan fingerprint density at radius 3 is 2.40 bits per heavy atom. The van der Waals surface area contributed by atoms with E-state index in [1.165, 1.54) is 6.92 Å². The second kappa shape index (κ2) is 7.93. The first-order valence-electron chi connectivity index (χ1n) is 6.29.